The Morgan fingerprint density at radius 2 is 2.03 bits per heavy atom. The van der Waals surface area contributed by atoms with Crippen molar-refractivity contribution in [2.24, 2.45) is 5.92 Å². The second-order valence-corrected chi connectivity index (χ2v) is 9.80. The molecule has 2 aromatic carbocycles. The van der Waals surface area contributed by atoms with Crippen molar-refractivity contribution in [2.45, 2.75) is 38.3 Å². The first-order valence-electron chi connectivity index (χ1n) is 12.5. The number of aliphatic carboxylic acids is 1. The van der Waals surface area contributed by atoms with Crippen molar-refractivity contribution in [1.29, 1.82) is 0 Å². The van der Waals surface area contributed by atoms with Gasteiger partial charge in [-0.1, -0.05) is 36.7 Å². The number of halogens is 5. The van der Waals surface area contributed by atoms with Crippen LogP contribution in [0.3, 0.4) is 0 Å². The predicted molar refractivity (Wildman–Crippen MR) is 138 cm³/mol. The average molecular weight is 556 g/mol. The van der Waals surface area contributed by atoms with Gasteiger partial charge in [0.2, 0.25) is 0 Å². The summed E-state index contributed by atoms with van der Waals surface area (Å²) < 4.78 is 62.6. The normalized spacial score (nSPS) is 18.6. The topological polar surface area (TPSA) is 77.6 Å². The lowest BCUT2D eigenvalue weighted by Crippen LogP contribution is -2.50. The summed E-state index contributed by atoms with van der Waals surface area (Å²) in [5.74, 6) is -2.70. The molecule has 3 aromatic rings. The fraction of sp³-hybridized carbons (Fsp3) is 0.444. The molecule has 2 heterocycles. The number of nitrogens with one attached hydrogen (secondary N) is 2. The van der Waals surface area contributed by atoms with Crippen LogP contribution in [0.4, 0.5) is 17.6 Å². The highest BCUT2D eigenvalue weighted by atomic mass is 35.5. The van der Waals surface area contributed by atoms with Gasteiger partial charge in [0.15, 0.2) is 0 Å². The minimum atomic E-state index is -2.82. The van der Waals surface area contributed by atoms with E-state index in [9.17, 15) is 23.1 Å². The molecule has 38 heavy (non-hydrogen) atoms. The van der Waals surface area contributed by atoms with Gasteiger partial charge in [-0.3, -0.25) is 14.1 Å². The molecule has 0 amide bonds. The van der Waals surface area contributed by atoms with Gasteiger partial charge < -0.3 is 20.1 Å². The second kappa shape index (κ2) is 12.4. The first-order chi connectivity index (χ1) is 18.2. The van der Waals surface area contributed by atoms with Crippen LogP contribution in [-0.4, -0.2) is 66.3 Å². The average Bonchev–Trinajstić information content (AvgIpc) is 3.26. The van der Waals surface area contributed by atoms with Crippen molar-refractivity contribution < 1.29 is 32.2 Å². The number of aromatic nitrogens is 1. The number of fused-ring (bicyclic) bond motifs is 3. The molecule has 4 rings (SSSR count). The third-order valence-corrected chi connectivity index (χ3v) is 7.27. The summed E-state index contributed by atoms with van der Waals surface area (Å²) in [5.41, 5.74) is 1.75. The number of carbonyl (C=O) groups is 1. The monoisotopic (exact) mass is 555 g/mol. The Balaban J connectivity index is 1.80. The Morgan fingerprint density at radius 3 is 2.74 bits per heavy atom. The van der Waals surface area contributed by atoms with Crippen LogP contribution in [0.25, 0.3) is 10.9 Å². The van der Waals surface area contributed by atoms with E-state index >= 15 is 4.39 Å². The molecule has 1 aromatic heterocycles. The lowest BCUT2D eigenvalue weighted by Gasteiger charge is -2.43. The van der Waals surface area contributed by atoms with Crippen molar-refractivity contribution >= 4 is 28.5 Å². The van der Waals surface area contributed by atoms with Crippen LogP contribution in [0.1, 0.15) is 36.2 Å². The van der Waals surface area contributed by atoms with Gasteiger partial charge in [-0.2, -0.15) is 0 Å². The first kappa shape index (κ1) is 28.2. The molecule has 206 valence electrons. The smallest absolute Gasteiger partial charge is 0.307 e. The SMILES string of the molecule is CC(CN1[C@H](c2c(F)ccc(OCCNCCCF)c2Cl)c2[nH]c3ccccc3c2C[C@H]1C(F)F)C(=O)O. The molecule has 0 spiro atoms. The Labute approximate surface area is 222 Å². The number of carboxylic acid groups (broad SMARTS) is 1. The van der Waals surface area contributed by atoms with E-state index in [1.165, 1.54) is 24.0 Å². The number of aromatic amines is 1. The zero-order valence-electron chi connectivity index (χ0n) is 20.8. The molecule has 3 atom stereocenters. The molecule has 0 aliphatic carbocycles. The van der Waals surface area contributed by atoms with Gasteiger partial charge in [0.1, 0.15) is 18.2 Å². The number of rotatable bonds is 12. The largest absolute Gasteiger partial charge is 0.491 e. The summed E-state index contributed by atoms with van der Waals surface area (Å²) >= 11 is 6.69. The molecular formula is C27H30ClF4N3O3. The van der Waals surface area contributed by atoms with Crippen LogP contribution < -0.4 is 10.1 Å². The lowest BCUT2D eigenvalue weighted by atomic mass is 9.87. The van der Waals surface area contributed by atoms with Crippen LogP contribution >= 0.6 is 11.6 Å². The van der Waals surface area contributed by atoms with Gasteiger partial charge in [-0.05, 0) is 43.1 Å². The summed E-state index contributed by atoms with van der Waals surface area (Å²) in [6.45, 7) is 1.78. The third-order valence-electron chi connectivity index (χ3n) is 6.88. The Bertz CT molecular complexity index is 1270. The minimum Gasteiger partial charge on any atom is -0.491 e. The van der Waals surface area contributed by atoms with E-state index in [0.717, 1.165) is 5.39 Å². The van der Waals surface area contributed by atoms with Gasteiger partial charge in [0.25, 0.3) is 6.43 Å². The number of hydrogen-bond acceptors (Lipinski definition) is 4. The number of para-hydroxylation sites is 1. The van der Waals surface area contributed by atoms with E-state index in [-0.39, 0.29) is 35.9 Å². The van der Waals surface area contributed by atoms with E-state index in [1.54, 1.807) is 18.2 Å². The maximum absolute atomic E-state index is 15.6. The van der Waals surface area contributed by atoms with E-state index in [2.05, 4.69) is 10.3 Å². The maximum atomic E-state index is 15.6. The molecule has 1 aliphatic rings. The zero-order valence-corrected chi connectivity index (χ0v) is 21.6. The molecule has 0 saturated carbocycles. The predicted octanol–water partition coefficient (Wildman–Crippen LogP) is 5.59. The van der Waals surface area contributed by atoms with Crippen molar-refractivity contribution in [3.05, 3.63) is 64.1 Å². The van der Waals surface area contributed by atoms with Crippen LogP contribution in [0, 0.1) is 11.7 Å². The van der Waals surface area contributed by atoms with Gasteiger partial charge >= 0.3 is 5.97 Å². The van der Waals surface area contributed by atoms with Crippen LogP contribution in [0.2, 0.25) is 5.02 Å². The summed E-state index contributed by atoms with van der Waals surface area (Å²) in [6.07, 6.45) is -2.50. The van der Waals surface area contributed by atoms with E-state index < -0.39 is 42.9 Å². The molecule has 1 aliphatic heterocycles. The fourth-order valence-corrected chi connectivity index (χ4v) is 5.31. The molecule has 0 radical (unpaired) electrons. The number of alkyl halides is 3. The number of nitrogens with zero attached hydrogens (tertiary/aromatic N) is 1. The first-order valence-corrected chi connectivity index (χ1v) is 12.9. The minimum absolute atomic E-state index is 0.0418. The highest BCUT2D eigenvalue weighted by Crippen LogP contribution is 2.46. The molecule has 6 nitrogen and oxygen atoms in total. The van der Waals surface area contributed by atoms with E-state index in [4.69, 9.17) is 16.3 Å². The Kier molecular flexibility index (Phi) is 9.17. The molecule has 0 bridgehead atoms. The highest BCUT2D eigenvalue weighted by Gasteiger charge is 2.44. The van der Waals surface area contributed by atoms with Crippen LogP contribution in [0.15, 0.2) is 36.4 Å². The molecule has 3 N–H and O–H groups in total. The standard InChI is InChI=1S/C27H30ClF4N3O3/c1-15(27(36)37)14-35-20(26(31)32)13-17-16-5-2-3-6-19(16)34-24(17)25(35)22-18(30)7-8-21(23(22)28)38-12-11-33-10-4-9-29/h2-3,5-8,15,20,25-26,33-34H,4,9-14H2,1H3,(H,36,37)/t15?,20-,25+/m0/s1. The lowest BCUT2D eigenvalue weighted by molar-refractivity contribution is -0.142. The van der Waals surface area contributed by atoms with Gasteiger partial charge in [-0.15, -0.1) is 0 Å². The molecule has 0 saturated heterocycles. The third kappa shape index (κ3) is 5.77. The Hall–Kier alpha value is -2.82. The number of carboxylic acids is 1. The summed E-state index contributed by atoms with van der Waals surface area (Å²) in [7, 11) is 0. The number of benzene rings is 2. The molecule has 1 unspecified atom stereocenters. The fourth-order valence-electron chi connectivity index (χ4n) is 5.00. The van der Waals surface area contributed by atoms with Crippen LogP contribution in [-0.2, 0) is 11.2 Å². The van der Waals surface area contributed by atoms with E-state index in [1.807, 2.05) is 6.07 Å². The highest BCUT2D eigenvalue weighted by molar-refractivity contribution is 6.33. The molecular weight excluding hydrogens is 526 g/mol. The van der Waals surface area contributed by atoms with Crippen molar-refractivity contribution in [3.8, 4) is 5.75 Å². The zero-order chi connectivity index (χ0) is 27.4. The van der Waals surface area contributed by atoms with Crippen molar-refractivity contribution in [1.82, 2.24) is 15.2 Å². The number of hydrogen-bond donors (Lipinski definition) is 3. The second-order valence-electron chi connectivity index (χ2n) is 9.42. The van der Waals surface area contributed by atoms with Crippen LogP contribution in [0.5, 0.6) is 5.75 Å². The van der Waals surface area contributed by atoms with Gasteiger partial charge in [-0.25, -0.2) is 13.2 Å². The summed E-state index contributed by atoms with van der Waals surface area (Å²) in [5, 5.41) is 13.2. The quantitative estimate of drug-likeness (QED) is 0.201. The number of H-pyrrole nitrogens is 1. The van der Waals surface area contributed by atoms with Crippen molar-refractivity contribution in [3.63, 3.8) is 0 Å². The van der Waals surface area contributed by atoms with E-state index in [0.29, 0.717) is 36.3 Å². The number of ether oxygens (including phenoxy) is 1. The van der Waals surface area contributed by atoms with Gasteiger partial charge in [0, 0.05) is 35.2 Å². The summed E-state index contributed by atoms with van der Waals surface area (Å²) in [4.78, 5) is 16.3. The Morgan fingerprint density at radius 1 is 1.26 bits per heavy atom. The molecule has 11 heteroatoms. The maximum Gasteiger partial charge on any atom is 0.307 e. The molecule has 0 fully saturated rings. The van der Waals surface area contributed by atoms with Crippen molar-refractivity contribution in [2.75, 3.05) is 32.9 Å². The van der Waals surface area contributed by atoms with Gasteiger partial charge in [0.05, 0.1) is 29.7 Å². The summed E-state index contributed by atoms with van der Waals surface area (Å²) in [6, 6.07) is 7.28.